The van der Waals surface area contributed by atoms with Crippen molar-refractivity contribution in [1.82, 2.24) is 0 Å². The average molecular weight is 1170 g/mol. The molecule has 0 heteroatoms. The maximum atomic E-state index is 2.37. The van der Waals surface area contributed by atoms with Crippen LogP contribution in [0.5, 0.6) is 0 Å². The average Bonchev–Trinajstić information content (AvgIpc) is 4.42. The minimum atomic E-state index is 0.708. The van der Waals surface area contributed by atoms with Gasteiger partial charge in [0.25, 0.3) is 0 Å². The van der Waals surface area contributed by atoms with Crippen molar-refractivity contribution in [2.75, 3.05) is 0 Å². The Bertz CT molecular complexity index is 1200. The smallest absolute Gasteiger partial charge is 0.0268 e. The van der Waals surface area contributed by atoms with E-state index in [0.29, 0.717) is 5.41 Å². The molecular formula is C83H174. The Morgan fingerprint density at radius 1 is 0.373 bits per heavy atom. The molecule has 1 spiro atoms. The molecule has 9 aliphatic carbocycles. The molecule has 5 unspecified atom stereocenters. The second-order valence-electron chi connectivity index (χ2n) is 33.7. The zero-order valence-electron chi connectivity index (χ0n) is 64.6. The molecule has 0 nitrogen and oxygen atoms in total. The molecule has 7 atom stereocenters. The van der Waals surface area contributed by atoms with Crippen LogP contribution in [0.25, 0.3) is 0 Å². The Kier molecular flexibility index (Phi) is 59.1. The molecule has 0 aromatic heterocycles. The van der Waals surface area contributed by atoms with Gasteiger partial charge in [0.2, 0.25) is 0 Å². The molecule has 0 amide bonds. The summed E-state index contributed by atoms with van der Waals surface area (Å²) in [4.78, 5) is 0. The summed E-state index contributed by atoms with van der Waals surface area (Å²) in [5, 5.41) is 0. The molecule has 0 aromatic rings. The summed E-state index contributed by atoms with van der Waals surface area (Å²) >= 11 is 0. The van der Waals surface area contributed by atoms with E-state index >= 15 is 0 Å². The monoisotopic (exact) mass is 1170 g/mol. The third kappa shape index (κ3) is 62.0. The Hall–Kier alpha value is 0. The van der Waals surface area contributed by atoms with Crippen molar-refractivity contribution >= 4 is 0 Å². The molecule has 9 aliphatic rings. The van der Waals surface area contributed by atoms with Crippen molar-refractivity contribution in [1.29, 1.82) is 0 Å². The lowest BCUT2D eigenvalue weighted by Crippen LogP contribution is -2.20. The van der Waals surface area contributed by atoms with Crippen molar-refractivity contribution in [3.05, 3.63) is 0 Å². The lowest BCUT2D eigenvalue weighted by molar-refractivity contribution is 0.190. The standard InChI is InChI=1S/5C7H16.C6H10.7C6H12/c1-6(2)5-7(3)4;2*1-4-5-6-7(2)3;1-4-6-7(3)5-2;1-3-5-7-6-4-2;1-5-4-6(5)2-3-6;1-5-4-6(5,2)3;1-5-3-6(2)4-5;1-6(2)4-3-5-6;1-5-3-4-6(5)2;1-6-4-2-3-5-6;1-3-6-4-5(6)2;1-2-6-4-3-5-6/h6-7H,5H2,1-4H3;3*7H,4-6H2,1-3H3;3-7H2,1-2H3;5H,2-4H2,1H3;5H,4H2,1-3H3;5-6H,3-4H2,1-2H3;3-5H2,1-2H3;5-6H,3-4H2,1-2H3;6H,2-5H2,1H3;5-6H,3-4H2,1-2H3;6H,2-5H2,1H3/t;;;;;5-;;;;5-,6?;;;/m.....0...1.../s1. The van der Waals surface area contributed by atoms with Gasteiger partial charge in [0.05, 0.1) is 0 Å². The van der Waals surface area contributed by atoms with E-state index in [4.69, 9.17) is 0 Å². The van der Waals surface area contributed by atoms with Gasteiger partial charge in [-0.1, -0.05) is 368 Å². The Labute approximate surface area is 534 Å². The van der Waals surface area contributed by atoms with E-state index in [-0.39, 0.29) is 0 Å². The van der Waals surface area contributed by atoms with Crippen LogP contribution in [0.15, 0.2) is 0 Å². The molecule has 0 aromatic carbocycles. The van der Waals surface area contributed by atoms with Crippen LogP contribution >= 0.6 is 0 Å². The first kappa shape index (κ1) is 89.4. The zero-order valence-corrected chi connectivity index (χ0v) is 64.6. The summed E-state index contributed by atoms with van der Waals surface area (Å²) in [5.41, 5.74) is 2.39. The summed E-state index contributed by atoms with van der Waals surface area (Å²) < 4.78 is 0. The van der Waals surface area contributed by atoms with Gasteiger partial charge in [-0.05, 0) is 169 Å². The van der Waals surface area contributed by atoms with Crippen LogP contribution in [0.1, 0.15) is 432 Å². The maximum absolute atomic E-state index is 2.37. The lowest BCUT2D eigenvalue weighted by atomic mass is 9.72. The van der Waals surface area contributed by atoms with Gasteiger partial charge < -0.3 is 0 Å². The van der Waals surface area contributed by atoms with Crippen LogP contribution in [-0.2, 0) is 0 Å². The number of hydrogen-bond donors (Lipinski definition) is 0. The van der Waals surface area contributed by atoms with Crippen LogP contribution in [-0.4, -0.2) is 0 Å². The van der Waals surface area contributed by atoms with Crippen molar-refractivity contribution in [2.45, 2.75) is 432 Å². The van der Waals surface area contributed by atoms with E-state index in [2.05, 4.69) is 201 Å². The fraction of sp³-hybridized carbons (Fsp3) is 1.00. The van der Waals surface area contributed by atoms with Crippen molar-refractivity contribution in [3.8, 4) is 0 Å². The van der Waals surface area contributed by atoms with E-state index in [1.807, 2.05) is 0 Å². The second kappa shape index (κ2) is 54.9. The highest BCUT2D eigenvalue weighted by Crippen LogP contribution is 2.70. The highest BCUT2D eigenvalue weighted by molar-refractivity contribution is 5.10. The molecule has 9 fully saturated rings. The molecule has 0 saturated heterocycles. The molecule has 0 bridgehead atoms. The highest BCUT2D eigenvalue weighted by Gasteiger charge is 2.59. The topological polar surface area (TPSA) is 0 Å². The van der Waals surface area contributed by atoms with Gasteiger partial charge in [-0.2, -0.15) is 0 Å². The minimum absolute atomic E-state index is 0.708. The first-order chi connectivity index (χ1) is 38.8. The highest BCUT2D eigenvalue weighted by atomic mass is 14.6. The van der Waals surface area contributed by atoms with Crippen LogP contribution < -0.4 is 0 Å². The van der Waals surface area contributed by atoms with Gasteiger partial charge in [0.1, 0.15) is 0 Å². The Balaban J connectivity index is -0.000000407. The van der Waals surface area contributed by atoms with Gasteiger partial charge in [0, 0.05) is 0 Å². The molecular weight excluding hydrogens is 997 g/mol. The number of hydrogen-bond acceptors (Lipinski definition) is 0. The quantitative estimate of drug-likeness (QED) is 0.127. The Morgan fingerprint density at radius 3 is 0.819 bits per heavy atom. The third-order valence-corrected chi connectivity index (χ3v) is 21.0. The molecule has 0 heterocycles. The second-order valence-corrected chi connectivity index (χ2v) is 33.7. The zero-order chi connectivity index (χ0) is 64.6. The number of rotatable bonds is 17. The summed E-state index contributed by atoms with van der Waals surface area (Å²) in [6.07, 6.45) is 51.9. The number of unbranched alkanes of at least 4 members (excludes halogenated alkanes) is 6. The van der Waals surface area contributed by atoms with E-state index in [0.717, 1.165) is 99.6 Å². The summed E-state index contributed by atoms with van der Waals surface area (Å²) in [6.45, 7) is 66.4. The summed E-state index contributed by atoms with van der Waals surface area (Å²) in [6, 6.07) is 0. The van der Waals surface area contributed by atoms with E-state index in [1.165, 1.54) is 212 Å². The van der Waals surface area contributed by atoms with E-state index in [1.54, 1.807) is 19.3 Å². The van der Waals surface area contributed by atoms with Gasteiger partial charge in [-0.15, -0.1) is 0 Å². The maximum Gasteiger partial charge on any atom is -0.0268 e. The lowest BCUT2D eigenvalue weighted by Gasteiger charge is -2.33. The minimum Gasteiger partial charge on any atom is -0.0654 e. The van der Waals surface area contributed by atoms with Crippen molar-refractivity contribution in [2.24, 2.45) is 105 Å². The fourth-order valence-corrected chi connectivity index (χ4v) is 11.7. The molecule has 0 N–H and O–H groups in total. The fourth-order valence-electron chi connectivity index (χ4n) is 11.7. The summed E-state index contributed by atoms with van der Waals surface area (Å²) in [7, 11) is 0. The third-order valence-electron chi connectivity index (χ3n) is 21.0. The van der Waals surface area contributed by atoms with Gasteiger partial charge in [-0.3, -0.25) is 0 Å². The van der Waals surface area contributed by atoms with Crippen LogP contribution in [0.2, 0.25) is 0 Å². The molecule has 506 valence electrons. The van der Waals surface area contributed by atoms with Crippen LogP contribution in [0, 0.1) is 105 Å². The van der Waals surface area contributed by atoms with E-state index in [9.17, 15) is 0 Å². The first-order valence-corrected chi connectivity index (χ1v) is 38.8. The summed E-state index contributed by atoms with van der Waals surface area (Å²) in [5.74, 6) is 15.1. The molecule has 9 saturated carbocycles. The predicted octanol–water partition coefficient (Wildman–Crippen LogP) is 30.8. The van der Waals surface area contributed by atoms with Gasteiger partial charge in [0.15, 0.2) is 0 Å². The van der Waals surface area contributed by atoms with Crippen LogP contribution in [0.3, 0.4) is 0 Å². The molecule has 9 rings (SSSR count). The largest absolute Gasteiger partial charge is 0.0654 e. The normalized spacial score (nSPS) is 26.1. The van der Waals surface area contributed by atoms with Crippen molar-refractivity contribution < 1.29 is 0 Å². The van der Waals surface area contributed by atoms with Gasteiger partial charge in [-0.25, -0.2) is 0 Å². The van der Waals surface area contributed by atoms with E-state index < -0.39 is 0 Å². The van der Waals surface area contributed by atoms with Crippen LogP contribution in [0.4, 0.5) is 0 Å². The molecule has 83 heavy (non-hydrogen) atoms. The SMILES string of the molecule is CC(C)CC(C)C.CC1(C)CCC1.CC1CC(C)C1.CC1CC1(C)C.CC1CCCC1.CC1CC[C@H]1C.CCC1CC1C.CCC1CCC1.CCCC(C)CC.CCCCC(C)C.CCCCC(C)C.CCCCCCC.C[C@H]1CC12CC2. The Morgan fingerprint density at radius 2 is 0.759 bits per heavy atom. The predicted molar refractivity (Wildman–Crippen MR) is 390 cm³/mol. The van der Waals surface area contributed by atoms with Crippen molar-refractivity contribution in [3.63, 3.8) is 0 Å². The van der Waals surface area contributed by atoms with Gasteiger partial charge >= 0.3 is 0 Å². The molecule has 0 radical (unpaired) electrons. The first-order valence-electron chi connectivity index (χ1n) is 38.8. The molecule has 0 aliphatic heterocycles.